The van der Waals surface area contributed by atoms with Gasteiger partial charge in [-0.1, -0.05) is 44.2 Å². The third kappa shape index (κ3) is 5.82. The quantitative estimate of drug-likeness (QED) is 0.660. The van der Waals surface area contributed by atoms with E-state index in [-0.39, 0.29) is 24.1 Å². The molecule has 0 unspecified atom stereocenters. The lowest BCUT2D eigenvalue weighted by Gasteiger charge is -2.39. The molecule has 0 N–H and O–H groups in total. The molecule has 1 saturated heterocycles. The maximum atomic E-state index is 12.1. The Labute approximate surface area is 151 Å². The Morgan fingerprint density at radius 1 is 1.24 bits per heavy atom. The van der Waals surface area contributed by atoms with Crippen LogP contribution in [0.2, 0.25) is 0 Å². The highest BCUT2D eigenvalue weighted by Gasteiger charge is 2.37. The number of esters is 1. The highest BCUT2D eigenvalue weighted by molar-refractivity contribution is 5.72. The lowest BCUT2D eigenvalue weighted by Crippen LogP contribution is -2.44. The van der Waals surface area contributed by atoms with Crippen molar-refractivity contribution in [3.63, 3.8) is 0 Å². The van der Waals surface area contributed by atoms with Crippen LogP contribution in [-0.2, 0) is 25.6 Å². The molecule has 0 saturated carbocycles. The molecular formula is C21H32O4. The lowest BCUT2D eigenvalue weighted by atomic mass is 9.84. The average Bonchev–Trinajstić information content (AvgIpc) is 2.62. The van der Waals surface area contributed by atoms with E-state index < -0.39 is 0 Å². The highest BCUT2D eigenvalue weighted by Crippen LogP contribution is 2.33. The van der Waals surface area contributed by atoms with E-state index >= 15 is 0 Å². The van der Waals surface area contributed by atoms with Crippen molar-refractivity contribution in [2.45, 2.75) is 59.4 Å². The summed E-state index contributed by atoms with van der Waals surface area (Å²) >= 11 is 0. The molecule has 1 aliphatic rings. The predicted molar refractivity (Wildman–Crippen MR) is 98.1 cm³/mol. The normalized spacial score (nSPS) is 26.0. The van der Waals surface area contributed by atoms with Gasteiger partial charge in [0.1, 0.15) is 0 Å². The van der Waals surface area contributed by atoms with E-state index in [0.717, 1.165) is 12.8 Å². The number of hydrogen-bond donors (Lipinski definition) is 0. The van der Waals surface area contributed by atoms with Crippen molar-refractivity contribution >= 4 is 5.97 Å². The molecule has 0 spiro atoms. The first-order chi connectivity index (χ1) is 12.0. The van der Waals surface area contributed by atoms with E-state index in [0.29, 0.717) is 31.7 Å². The van der Waals surface area contributed by atoms with Crippen molar-refractivity contribution in [1.29, 1.82) is 0 Å². The van der Waals surface area contributed by atoms with Gasteiger partial charge in [-0.25, -0.2) is 0 Å². The molecule has 5 atom stereocenters. The zero-order chi connectivity index (χ0) is 18.2. The molecule has 0 bridgehead atoms. The van der Waals surface area contributed by atoms with Crippen molar-refractivity contribution < 1.29 is 19.0 Å². The van der Waals surface area contributed by atoms with Crippen molar-refractivity contribution in [1.82, 2.24) is 0 Å². The van der Waals surface area contributed by atoms with Gasteiger partial charge < -0.3 is 14.2 Å². The van der Waals surface area contributed by atoms with Crippen LogP contribution in [0.5, 0.6) is 0 Å². The van der Waals surface area contributed by atoms with Gasteiger partial charge >= 0.3 is 5.97 Å². The van der Waals surface area contributed by atoms with Gasteiger partial charge in [-0.05, 0) is 38.2 Å². The molecular weight excluding hydrogens is 316 g/mol. The predicted octanol–water partition coefficient (Wildman–Crippen LogP) is 4.22. The number of carbonyl (C=O) groups is 1. The molecule has 4 heteroatoms. The summed E-state index contributed by atoms with van der Waals surface area (Å²) in [6.07, 6.45) is 2.15. The average molecular weight is 348 g/mol. The van der Waals surface area contributed by atoms with Gasteiger partial charge in [-0.15, -0.1) is 0 Å². The van der Waals surface area contributed by atoms with Gasteiger partial charge in [0, 0.05) is 5.92 Å². The Bertz CT molecular complexity index is 516. The molecule has 1 heterocycles. The molecule has 1 aliphatic heterocycles. The van der Waals surface area contributed by atoms with Crippen molar-refractivity contribution in [2.75, 3.05) is 13.2 Å². The second-order valence-electron chi connectivity index (χ2n) is 7.21. The van der Waals surface area contributed by atoms with Crippen LogP contribution >= 0.6 is 0 Å². The summed E-state index contributed by atoms with van der Waals surface area (Å²) < 4.78 is 17.4. The van der Waals surface area contributed by atoms with E-state index in [2.05, 4.69) is 26.0 Å². The Morgan fingerprint density at radius 3 is 2.64 bits per heavy atom. The minimum Gasteiger partial charge on any atom is -0.466 e. The van der Waals surface area contributed by atoms with E-state index in [1.165, 1.54) is 5.56 Å². The molecule has 0 radical (unpaired) electrons. The molecule has 25 heavy (non-hydrogen) atoms. The smallest absolute Gasteiger partial charge is 0.311 e. The molecule has 0 aromatic heterocycles. The van der Waals surface area contributed by atoms with Crippen LogP contribution in [0, 0.1) is 17.8 Å². The Hall–Kier alpha value is -1.39. The van der Waals surface area contributed by atoms with Crippen molar-refractivity contribution in [2.24, 2.45) is 17.8 Å². The third-order valence-corrected chi connectivity index (χ3v) is 5.08. The second kappa shape index (κ2) is 9.93. The summed E-state index contributed by atoms with van der Waals surface area (Å²) in [7, 11) is 0. The Morgan fingerprint density at radius 2 is 1.96 bits per heavy atom. The van der Waals surface area contributed by atoms with Crippen LogP contribution in [0.3, 0.4) is 0 Å². The third-order valence-electron chi connectivity index (χ3n) is 5.08. The number of hydrogen-bond acceptors (Lipinski definition) is 4. The summed E-state index contributed by atoms with van der Waals surface area (Å²) in [5.41, 5.74) is 1.18. The summed E-state index contributed by atoms with van der Waals surface area (Å²) in [5, 5.41) is 0. The minimum absolute atomic E-state index is 0.0747. The second-order valence-corrected chi connectivity index (χ2v) is 7.21. The minimum atomic E-state index is -0.227. The van der Waals surface area contributed by atoms with Crippen LogP contribution < -0.4 is 0 Å². The lowest BCUT2D eigenvalue weighted by molar-refractivity contribution is -0.167. The maximum Gasteiger partial charge on any atom is 0.311 e. The standard InChI is InChI=1S/C21H32O4/c1-5-24-21(22)17(4)20-15(2)11-12-19(25-20)16(3)13-23-14-18-9-7-6-8-10-18/h6-10,15-17,19-20H,5,11-14H2,1-4H3/t15-,16+,17-,19-,20-/m0/s1. The Kier molecular flexibility index (Phi) is 7.91. The topological polar surface area (TPSA) is 44.8 Å². The van der Waals surface area contributed by atoms with Gasteiger partial charge in [0.05, 0.1) is 37.9 Å². The van der Waals surface area contributed by atoms with Gasteiger partial charge in [0.25, 0.3) is 0 Å². The number of rotatable bonds is 8. The van der Waals surface area contributed by atoms with Crippen LogP contribution in [0.15, 0.2) is 30.3 Å². The molecule has 1 aromatic carbocycles. The number of ether oxygens (including phenoxy) is 3. The first-order valence-corrected chi connectivity index (χ1v) is 9.46. The highest BCUT2D eigenvalue weighted by atomic mass is 16.5. The van der Waals surface area contributed by atoms with Crippen molar-refractivity contribution in [3.05, 3.63) is 35.9 Å². The van der Waals surface area contributed by atoms with E-state index in [4.69, 9.17) is 14.2 Å². The fourth-order valence-corrected chi connectivity index (χ4v) is 3.48. The first-order valence-electron chi connectivity index (χ1n) is 9.46. The van der Waals surface area contributed by atoms with Crippen LogP contribution in [0.4, 0.5) is 0 Å². The molecule has 0 amide bonds. The summed E-state index contributed by atoms with van der Waals surface area (Å²) in [5.74, 6) is 0.282. The van der Waals surface area contributed by atoms with Gasteiger partial charge in [0.2, 0.25) is 0 Å². The monoisotopic (exact) mass is 348 g/mol. The molecule has 1 aromatic rings. The SMILES string of the molecule is CCOC(=O)[C@@H](C)[C@H]1O[C@H]([C@H](C)COCc2ccccc2)CC[C@@H]1C. The van der Waals surface area contributed by atoms with Crippen LogP contribution in [-0.4, -0.2) is 31.4 Å². The molecule has 140 valence electrons. The molecule has 0 aliphatic carbocycles. The number of carbonyl (C=O) groups excluding carboxylic acids is 1. The first kappa shape index (κ1) is 19.9. The Balaban J connectivity index is 1.83. The molecule has 4 nitrogen and oxygen atoms in total. The fourth-order valence-electron chi connectivity index (χ4n) is 3.48. The fraction of sp³-hybridized carbons (Fsp3) is 0.667. The van der Waals surface area contributed by atoms with Crippen LogP contribution in [0.1, 0.15) is 46.1 Å². The maximum absolute atomic E-state index is 12.1. The van der Waals surface area contributed by atoms with Gasteiger partial charge in [0.15, 0.2) is 0 Å². The van der Waals surface area contributed by atoms with Crippen molar-refractivity contribution in [3.8, 4) is 0 Å². The van der Waals surface area contributed by atoms with E-state index in [1.807, 2.05) is 32.0 Å². The summed E-state index contributed by atoms with van der Waals surface area (Å²) in [6, 6.07) is 10.2. The summed E-state index contributed by atoms with van der Waals surface area (Å²) in [4.78, 5) is 12.1. The van der Waals surface area contributed by atoms with E-state index in [9.17, 15) is 4.79 Å². The largest absolute Gasteiger partial charge is 0.466 e. The van der Waals surface area contributed by atoms with Gasteiger partial charge in [-0.3, -0.25) is 4.79 Å². The molecule has 1 fully saturated rings. The van der Waals surface area contributed by atoms with E-state index in [1.54, 1.807) is 0 Å². The number of benzene rings is 1. The molecule has 2 rings (SSSR count). The summed E-state index contributed by atoms with van der Waals surface area (Å²) in [6.45, 7) is 9.77. The van der Waals surface area contributed by atoms with Crippen LogP contribution in [0.25, 0.3) is 0 Å². The zero-order valence-electron chi connectivity index (χ0n) is 15.9. The zero-order valence-corrected chi connectivity index (χ0v) is 15.9. The van der Waals surface area contributed by atoms with Gasteiger partial charge in [-0.2, -0.15) is 0 Å².